The van der Waals surface area contributed by atoms with Gasteiger partial charge in [0.25, 0.3) is 0 Å². The molecule has 1 amide bonds. The predicted molar refractivity (Wildman–Crippen MR) is 83.8 cm³/mol. The fourth-order valence-corrected chi connectivity index (χ4v) is 3.14. The quantitative estimate of drug-likeness (QED) is 0.930. The largest absolute Gasteiger partial charge is 0.350 e. The lowest BCUT2D eigenvalue weighted by Gasteiger charge is -2.27. The number of aryl methyl sites for hydroxylation is 1. The number of carbonyl (C=O) groups excluding carboxylic acids is 1. The van der Waals surface area contributed by atoms with Gasteiger partial charge in [0.1, 0.15) is 0 Å². The van der Waals surface area contributed by atoms with Gasteiger partial charge in [-0.05, 0) is 30.2 Å². The second-order valence-corrected chi connectivity index (χ2v) is 6.15. The molecule has 0 unspecified atom stereocenters. The maximum atomic E-state index is 11.8. The van der Waals surface area contributed by atoms with Crippen molar-refractivity contribution in [1.82, 2.24) is 14.8 Å². The number of nitrogens with zero attached hydrogens (tertiary/aromatic N) is 2. The summed E-state index contributed by atoms with van der Waals surface area (Å²) in [6.45, 7) is 2.98. The van der Waals surface area contributed by atoms with E-state index in [9.17, 15) is 4.79 Å². The van der Waals surface area contributed by atoms with Crippen LogP contribution in [0.4, 0.5) is 0 Å². The van der Waals surface area contributed by atoms with E-state index in [0.29, 0.717) is 6.54 Å². The summed E-state index contributed by atoms with van der Waals surface area (Å²) in [4.78, 5) is 13.7. The number of halogens is 1. The summed E-state index contributed by atoms with van der Waals surface area (Å²) >= 11 is 3.53. The van der Waals surface area contributed by atoms with Crippen molar-refractivity contribution in [3.8, 4) is 0 Å². The zero-order valence-corrected chi connectivity index (χ0v) is 13.1. The van der Waals surface area contributed by atoms with Gasteiger partial charge in [-0.25, -0.2) is 0 Å². The second-order valence-electron chi connectivity index (χ2n) is 5.23. The molecule has 5 heteroatoms. The summed E-state index contributed by atoms with van der Waals surface area (Å²) in [5, 5.41) is 4.37. The lowest BCUT2D eigenvalue weighted by atomic mass is 10.1. The summed E-state index contributed by atoms with van der Waals surface area (Å²) < 4.78 is 3.24. The number of benzene rings is 1. The van der Waals surface area contributed by atoms with Crippen LogP contribution in [0.1, 0.15) is 5.56 Å². The Labute approximate surface area is 126 Å². The molecule has 2 heterocycles. The normalized spacial score (nSPS) is 16.1. The van der Waals surface area contributed by atoms with Gasteiger partial charge in [0.05, 0.1) is 6.54 Å². The zero-order chi connectivity index (χ0) is 14.1. The van der Waals surface area contributed by atoms with Crippen LogP contribution in [0.3, 0.4) is 0 Å². The average molecular weight is 336 g/mol. The maximum Gasteiger partial charge on any atom is 0.236 e. The van der Waals surface area contributed by atoms with Gasteiger partial charge in [-0.3, -0.25) is 4.79 Å². The van der Waals surface area contributed by atoms with Crippen LogP contribution in [0.25, 0.3) is 10.9 Å². The Balaban J connectivity index is 1.80. The Kier molecular flexibility index (Phi) is 3.81. The first kappa shape index (κ1) is 13.6. The van der Waals surface area contributed by atoms with Gasteiger partial charge in [-0.2, -0.15) is 0 Å². The number of amides is 1. The van der Waals surface area contributed by atoms with Gasteiger partial charge in [0.2, 0.25) is 5.91 Å². The molecule has 0 spiro atoms. The first-order valence-electron chi connectivity index (χ1n) is 6.87. The molecule has 4 nitrogen and oxygen atoms in total. The van der Waals surface area contributed by atoms with Crippen molar-refractivity contribution in [3.05, 3.63) is 34.4 Å². The number of carbonyl (C=O) groups is 1. The minimum Gasteiger partial charge on any atom is -0.350 e. The molecule has 0 radical (unpaired) electrons. The molecule has 1 N–H and O–H groups in total. The minimum absolute atomic E-state index is 0.206. The highest BCUT2D eigenvalue weighted by atomic mass is 79.9. The van der Waals surface area contributed by atoms with Crippen LogP contribution in [0.2, 0.25) is 0 Å². The van der Waals surface area contributed by atoms with Crippen LogP contribution in [-0.4, -0.2) is 41.6 Å². The first-order valence-corrected chi connectivity index (χ1v) is 7.66. The number of nitrogens with one attached hydrogen (secondary N) is 1. The van der Waals surface area contributed by atoms with Gasteiger partial charge < -0.3 is 14.8 Å². The van der Waals surface area contributed by atoms with E-state index in [1.807, 2.05) is 4.90 Å². The highest BCUT2D eigenvalue weighted by Crippen LogP contribution is 2.25. The number of aromatic nitrogens is 1. The third-order valence-electron chi connectivity index (χ3n) is 3.87. The fraction of sp³-hybridized carbons (Fsp3) is 0.400. The fourth-order valence-electron chi connectivity index (χ4n) is 2.78. The molecule has 20 heavy (non-hydrogen) atoms. The third-order valence-corrected chi connectivity index (χ3v) is 4.37. The van der Waals surface area contributed by atoms with Gasteiger partial charge >= 0.3 is 0 Å². The Morgan fingerprint density at radius 1 is 1.40 bits per heavy atom. The van der Waals surface area contributed by atoms with Gasteiger partial charge in [-0.1, -0.05) is 15.9 Å². The molecule has 3 rings (SSSR count). The van der Waals surface area contributed by atoms with Crippen molar-refractivity contribution >= 4 is 32.7 Å². The minimum atomic E-state index is 0.206. The molecule has 106 valence electrons. The van der Waals surface area contributed by atoms with Crippen LogP contribution in [0.5, 0.6) is 0 Å². The molecule has 0 atom stereocenters. The monoisotopic (exact) mass is 335 g/mol. The number of rotatable bonds is 3. The number of fused-ring (bicyclic) bond motifs is 1. The van der Waals surface area contributed by atoms with Crippen LogP contribution in [0.15, 0.2) is 28.9 Å². The van der Waals surface area contributed by atoms with E-state index >= 15 is 0 Å². The van der Waals surface area contributed by atoms with E-state index in [4.69, 9.17) is 0 Å². The van der Waals surface area contributed by atoms with E-state index in [2.05, 4.69) is 57.3 Å². The summed E-state index contributed by atoms with van der Waals surface area (Å²) in [7, 11) is 2.07. The van der Waals surface area contributed by atoms with E-state index in [0.717, 1.165) is 30.5 Å². The standard InChI is InChI=1S/C15H18BrN3O/c1-18-10-11(13-8-12(16)2-3-14(13)18)4-6-19-7-5-17-9-15(19)20/h2-3,8,10,17H,4-7,9H2,1H3. The lowest BCUT2D eigenvalue weighted by molar-refractivity contribution is -0.131. The van der Waals surface area contributed by atoms with E-state index < -0.39 is 0 Å². The van der Waals surface area contributed by atoms with Gasteiger partial charge in [0, 0.05) is 48.3 Å². The molecule has 0 saturated carbocycles. The molecule has 1 aromatic carbocycles. The lowest BCUT2D eigenvalue weighted by Crippen LogP contribution is -2.48. The van der Waals surface area contributed by atoms with Crippen molar-refractivity contribution in [1.29, 1.82) is 0 Å². The summed E-state index contributed by atoms with van der Waals surface area (Å²) in [6, 6.07) is 6.34. The summed E-state index contributed by atoms with van der Waals surface area (Å²) in [6.07, 6.45) is 3.07. The smallest absolute Gasteiger partial charge is 0.236 e. The SMILES string of the molecule is Cn1cc(CCN2CCNCC2=O)c2cc(Br)ccc21. The van der Waals surface area contributed by atoms with Gasteiger partial charge in [0.15, 0.2) is 0 Å². The molecule has 1 aliphatic heterocycles. The first-order chi connectivity index (χ1) is 9.65. The van der Waals surface area contributed by atoms with Crippen molar-refractivity contribution in [3.63, 3.8) is 0 Å². The van der Waals surface area contributed by atoms with E-state index in [-0.39, 0.29) is 5.91 Å². The molecule has 1 fully saturated rings. The summed E-state index contributed by atoms with van der Waals surface area (Å²) in [5.74, 6) is 0.206. The number of piperazine rings is 1. The topological polar surface area (TPSA) is 37.3 Å². The van der Waals surface area contributed by atoms with Crippen molar-refractivity contribution < 1.29 is 4.79 Å². The molecular weight excluding hydrogens is 318 g/mol. The van der Waals surface area contributed by atoms with Crippen molar-refractivity contribution in [2.24, 2.45) is 7.05 Å². The molecule has 1 aromatic heterocycles. The van der Waals surface area contributed by atoms with Crippen LogP contribution >= 0.6 is 15.9 Å². The van der Waals surface area contributed by atoms with Crippen molar-refractivity contribution in [2.75, 3.05) is 26.2 Å². The second kappa shape index (κ2) is 5.58. The predicted octanol–water partition coefficient (Wildman–Crippen LogP) is 1.92. The van der Waals surface area contributed by atoms with Crippen molar-refractivity contribution in [2.45, 2.75) is 6.42 Å². The zero-order valence-electron chi connectivity index (χ0n) is 11.5. The number of hydrogen-bond acceptors (Lipinski definition) is 2. The highest BCUT2D eigenvalue weighted by Gasteiger charge is 2.17. The highest BCUT2D eigenvalue weighted by molar-refractivity contribution is 9.10. The Morgan fingerprint density at radius 2 is 2.25 bits per heavy atom. The molecular formula is C15H18BrN3O. The maximum absolute atomic E-state index is 11.8. The molecule has 2 aromatic rings. The molecule has 0 bridgehead atoms. The van der Waals surface area contributed by atoms with Crippen LogP contribution < -0.4 is 5.32 Å². The Hall–Kier alpha value is -1.33. The number of hydrogen-bond donors (Lipinski definition) is 1. The van der Waals surface area contributed by atoms with E-state index in [1.54, 1.807) is 0 Å². The molecule has 1 saturated heterocycles. The molecule has 1 aliphatic rings. The molecule has 0 aliphatic carbocycles. The third kappa shape index (κ3) is 2.60. The van der Waals surface area contributed by atoms with Crippen LogP contribution in [-0.2, 0) is 18.3 Å². The van der Waals surface area contributed by atoms with Crippen LogP contribution in [0, 0.1) is 0 Å². The average Bonchev–Trinajstić information content (AvgIpc) is 2.74. The Bertz CT molecular complexity index is 650. The summed E-state index contributed by atoms with van der Waals surface area (Å²) in [5.41, 5.74) is 2.53. The van der Waals surface area contributed by atoms with E-state index in [1.165, 1.54) is 16.5 Å². The Morgan fingerprint density at radius 3 is 3.05 bits per heavy atom. The van der Waals surface area contributed by atoms with Gasteiger partial charge in [-0.15, -0.1) is 0 Å².